The maximum Gasteiger partial charge on any atom is 0.227 e. The van der Waals surface area contributed by atoms with Gasteiger partial charge in [0.1, 0.15) is 5.82 Å². The van der Waals surface area contributed by atoms with Crippen LogP contribution in [0.2, 0.25) is 0 Å². The zero-order valence-corrected chi connectivity index (χ0v) is 10.2. The monoisotopic (exact) mass is 222 g/mol. The number of nitrogens with one attached hydrogen (secondary N) is 1. The molecule has 0 spiro atoms. The van der Waals surface area contributed by atoms with Crippen molar-refractivity contribution < 1.29 is 4.79 Å². The van der Waals surface area contributed by atoms with Crippen molar-refractivity contribution in [2.45, 2.75) is 27.7 Å². The third-order valence-electron chi connectivity index (χ3n) is 2.19. The van der Waals surface area contributed by atoms with E-state index in [0.29, 0.717) is 11.8 Å². The highest BCUT2D eigenvalue weighted by Crippen LogP contribution is 2.13. The average molecular weight is 222 g/mol. The molecule has 0 aliphatic carbocycles. The summed E-state index contributed by atoms with van der Waals surface area (Å²) in [6.45, 7) is 9.15. The number of rotatable bonds is 4. The van der Waals surface area contributed by atoms with Gasteiger partial charge < -0.3 is 10.2 Å². The molecule has 0 unspecified atom stereocenters. The van der Waals surface area contributed by atoms with Crippen molar-refractivity contribution in [2.24, 2.45) is 0 Å². The minimum atomic E-state index is -0.122. The van der Waals surface area contributed by atoms with Gasteiger partial charge in [-0.25, -0.2) is 4.98 Å². The Hall–Kier alpha value is -1.65. The normalized spacial score (nSPS) is 10.0. The Balaban J connectivity index is 3.01. The van der Waals surface area contributed by atoms with Crippen molar-refractivity contribution in [1.29, 1.82) is 0 Å². The first-order chi connectivity index (χ1) is 7.56. The third kappa shape index (κ3) is 3.18. The van der Waals surface area contributed by atoms with Gasteiger partial charge in [0.2, 0.25) is 11.9 Å². The maximum absolute atomic E-state index is 11.0. The first-order valence-electron chi connectivity index (χ1n) is 5.45. The van der Waals surface area contributed by atoms with Gasteiger partial charge in [0.15, 0.2) is 0 Å². The van der Waals surface area contributed by atoms with Gasteiger partial charge in [0.25, 0.3) is 0 Å². The van der Waals surface area contributed by atoms with Crippen molar-refractivity contribution in [3.8, 4) is 0 Å². The third-order valence-corrected chi connectivity index (χ3v) is 2.19. The molecule has 0 atom stereocenters. The molecule has 88 valence electrons. The van der Waals surface area contributed by atoms with Crippen LogP contribution < -0.4 is 10.2 Å². The van der Waals surface area contributed by atoms with E-state index in [-0.39, 0.29) is 5.91 Å². The lowest BCUT2D eigenvalue weighted by molar-refractivity contribution is -0.114. The highest BCUT2D eigenvalue weighted by atomic mass is 16.1. The van der Waals surface area contributed by atoms with E-state index in [1.165, 1.54) is 6.92 Å². The number of carbonyl (C=O) groups is 1. The van der Waals surface area contributed by atoms with Crippen LogP contribution in [0.3, 0.4) is 0 Å². The van der Waals surface area contributed by atoms with E-state index in [0.717, 1.165) is 18.8 Å². The summed E-state index contributed by atoms with van der Waals surface area (Å²) in [6.07, 6.45) is 0. The number of hydrogen-bond donors (Lipinski definition) is 1. The fourth-order valence-corrected chi connectivity index (χ4v) is 1.45. The Morgan fingerprint density at radius 3 is 2.50 bits per heavy atom. The van der Waals surface area contributed by atoms with Crippen molar-refractivity contribution in [3.05, 3.63) is 11.8 Å². The van der Waals surface area contributed by atoms with Crippen LogP contribution in [-0.2, 0) is 4.79 Å². The molecule has 0 bridgehead atoms. The average Bonchev–Trinajstić information content (AvgIpc) is 2.17. The molecule has 0 radical (unpaired) electrons. The number of hydrogen-bond acceptors (Lipinski definition) is 4. The molecule has 0 saturated heterocycles. The molecular formula is C11H18N4O. The van der Waals surface area contributed by atoms with Gasteiger partial charge in [0, 0.05) is 31.8 Å². The molecule has 5 heteroatoms. The zero-order chi connectivity index (χ0) is 12.1. The lowest BCUT2D eigenvalue weighted by atomic mass is 10.4. The van der Waals surface area contributed by atoms with Crippen LogP contribution in [0.25, 0.3) is 0 Å². The van der Waals surface area contributed by atoms with Gasteiger partial charge in [-0.2, -0.15) is 4.98 Å². The number of aromatic nitrogens is 2. The van der Waals surface area contributed by atoms with E-state index in [1.54, 1.807) is 6.07 Å². The molecule has 1 aromatic rings. The van der Waals surface area contributed by atoms with Crippen LogP contribution in [-0.4, -0.2) is 29.0 Å². The van der Waals surface area contributed by atoms with Gasteiger partial charge in [-0.05, 0) is 20.8 Å². The molecule has 16 heavy (non-hydrogen) atoms. The Morgan fingerprint density at radius 1 is 1.38 bits per heavy atom. The largest absolute Gasteiger partial charge is 0.341 e. The Labute approximate surface area is 95.9 Å². The maximum atomic E-state index is 11.0. The summed E-state index contributed by atoms with van der Waals surface area (Å²) in [5.41, 5.74) is 0.848. The van der Waals surface area contributed by atoms with E-state index in [9.17, 15) is 4.79 Å². The standard InChI is InChI=1S/C11H18N4O/c1-5-15(6-2)11-12-8(3)7-10(14-11)13-9(4)16/h7H,5-6H2,1-4H3,(H,12,13,14,16). The van der Waals surface area contributed by atoms with Crippen LogP contribution in [0, 0.1) is 6.92 Å². The molecule has 1 heterocycles. The summed E-state index contributed by atoms with van der Waals surface area (Å²) < 4.78 is 0. The SMILES string of the molecule is CCN(CC)c1nc(C)cc(NC(C)=O)n1. The summed E-state index contributed by atoms with van der Waals surface area (Å²) in [4.78, 5) is 21.6. The van der Waals surface area contributed by atoms with Gasteiger partial charge in [-0.1, -0.05) is 0 Å². The fraction of sp³-hybridized carbons (Fsp3) is 0.545. The Bertz CT molecular complexity index is 374. The summed E-state index contributed by atoms with van der Waals surface area (Å²) in [6, 6.07) is 1.76. The lowest BCUT2D eigenvalue weighted by Crippen LogP contribution is -2.25. The topological polar surface area (TPSA) is 58.1 Å². The number of nitrogens with zero attached hydrogens (tertiary/aromatic N) is 3. The highest BCUT2D eigenvalue weighted by molar-refractivity contribution is 5.87. The van der Waals surface area contributed by atoms with Crippen molar-refractivity contribution in [2.75, 3.05) is 23.3 Å². The van der Waals surface area contributed by atoms with Gasteiger partial charge in [-0.3, -0.25) is 4.79 Å². The second kappa shape index (κ2) is 5.44. The molecule has 1 rings (SSSR count). The fourth-order valence-electron chi connectivity index (χ4n) is 1.45. The number of amides is 1. The van der Waals surface area contributed by atoms with Crippen LogP contribution in [0.15, 0.2) is 6.07 Å². The van der Waals surface area contributed by atoms with Crippen LogP contribution in [0.1, 0.15) is 26.5 Å². The van der Waals surface area contributed by atoms with E-state index >= 15 is 0 Å². The Morgan fingerprint density at radius 2 is 2.00 bits per heavy atom. The molecule has 5 nitrogen and oxygen atoms in total. The molecule has 0 aliphatic rings. The molecule has 1 amide bonds. The second-order valence-electron chi connectivity index (χ2n) is 3.55. The predicted octanol–water partition coefficient (Wildman–Crippen LogP) is 1.59. The number of carbonyl (C=O) groups excluding carboxylic acids is 1. The van der Waals surface area contributed by atoms with Crippen LogP contribution in [0.4, 0.5) is 11.8 Å². The molecule has 0 aromatic carbocycles. The predicted molar refractivity (Wildman–Crippen MR) is 64.6 cm³/mol. The second-order valence-corrected chi connectivity index (χ2v) is 3.55. The lowest BCUT2D eigenvalue weighted by Gasteiger charge is -2.19. The molecule has 1 aromatic heterocycles. The summed E-state index contributed by atoms with van der Waals surface area (Å²) >= 11 is 0. The van der Waals surface area contributed by atoms with E-state index < -0.39 is 0 Å². The van der Waals surface area contributed by atoms with E-state index in [4.69, 9.17) is 0 Å². The van der Waals surface area contributed by atoms with Gasteiger partial charge in [-0.15, -0.1) is 0 Å². The number of anilines is 2. The highest BCUT2D eigenvalue weighted by Gasteiger charge is 2.08. The van der Waals surface area contributed by atoms with E-state index in [1.807, 2.05) is 25.7 Å². The van der Waals surface area contributed by atoms with Crippen LogP contribution >= 0.6 is 0 Å². The molecule has 1 N–H and O–H groups in total. The van der Waals surface area contributed by atoms with Gasteiger partial charge in [0.05, 0.1) is 0 Å². The zero-order valence-electron chi connectivity index (χ0n) is 10.2. The Kier molecular flexibility index (Phi) is 4.22. The quantitative estimate of drug-likeness (QED) is 0.840. The summed E-state index contributed by atoms with van der Waals surface area (Å²) in [5.74, 6) is 1.10. The first kappa shape index (κ1) is 12.4. The molecule has 0 saturated carbocycles. The molecule has 0 aliphatic heterocycles. The van der Waals surface area contributed by atoms with Crippen molar-refractivity contribution >= 4 is 17.7 Å². The van der Waals surface area contributed by atoms with Crippen molar-refractivity contribution in [1.82, 2.24) is 9.97 Å². The minimum Gasteiger partial charge on any atom is -0.341 e. The molecular weight excluding hydrogens is 204 g/mol. The van der Waals surface area contributed by atoms with Crippen LogP contribution in [0.5, 0.6) is 0 Å². The smallest absolute Gasteiger partial charge is 0.227 e. The minimum absolute atomic E-state index is 0.122. The molecule has 0 fully saturated rings. The van der Waals surface area contributed by atoms with Crippen molar-refractivity contribution in [3.63, 3.8) is 0 Å². The summed E-state index contributed by atoms with van der Waals surface area (Å²) in [5, 5.41) is 2.67. The van der Waals surface area contributed by atoms with Gasteiger partial charge >= 0.3 is 0 Å². The van der Waals surface area contributed by atoms with E-state index in [2.05, 4.69) is 15.3 Å². The first-order valence-corrected chi connectivity index (χ1v) is 5.45. The number of aryl methyl sites for hydroxylation is 1. The summed E-state index contributed by atoms with van der Waals surface area (Å²) in [7, 11) is 0.